The number of carbonyl (C=O) groups excluding carboxylic acids is 1. The van der Waals surface area contributed by atoms with Gasteiger partial charge in [0.1, 0.15) is 10.7 Å². The van der Waals surface area contributed by atoms with Gasteiger partial charge < -0.3 is 5.32 Å². The average Bonchev–Trinajstić information content (AvgIpc) is 2.55. The Morgan fingerprint density at radius 1 is 1.17 bits per heavy atom. The summed E-state index contributed by atoms with van der Waals surface area (Å²) in [5, 5.41) is 2.74. The zero-order valence-electron chi connectivity index (χ0n) is 13.7. The third-order valence-corrected chi connectivity index (χ3v) is 5.43. The third-order valence-electron chi connectivity index (χ3n) is 3.60. The van der Waals surface area contributed by atoms with Crippen molar-refractivity contribution < 1.29 is 17.6 Å². The average molecular weight is 350 g/mol. The highest BCUT2D eigenvalue weighted by Gasteiger charge is 2.23. The summed E-state index contributed by atoms with van der Waals surface area (Å²) in [7, 11) is -1.36. The van der Waals surface area contributed by atoms with Crippen molar-refractivity contribution in [2.45, 2.75) is 18.2 Å². The molecule has 0 aliphatic rings. The smallest absolute Gasteiger partial charge is 0.255 e. The number of hydrogen-bond donors (Lipinski definition) is 1. The van der Waals surface area contributed by atoms with E-state index in [1.807, 2.05) is 19.1 Å². The summed E-state index contributed by atoms with van der Waals surface area (Å²) in [4.78, 5) is 11.9. The highest BCUT2D eigenvalue weighted by Crippen LogP contribution is 2.21. The number of aryl methyl sites for hydroxylation is 1. The molecule has 0 bridgehead atoms. The quantitative estimate of drug-likeness (QED) is 0.902. The van der Waals surface area contributed by atoms with E-state index in [2.05, 4.69) is 5.32 Å². The van der Waals surface area contributed by atoms with E-state index in [1.54, 1.807) is 12.1 Å². The van der Waals surface area contributed by atoms with E-state index < -0.39 is 26.6 Å². The molecule has 0 atom stereocenters. The number of hydrogen-bond acceptors (Lipinski definition) is 3. The van der Waals surface area contributed by atoms with Crippen molar-refractivity contribution in [3.05, 3.63) is 59.4 Å². The van der Waals surface area contributed by atoms with Gasteiger partial charge in [-0.25, -0.2) is 17.1 Å². The van der Waals surface area contributed by atoms with Gasteiger partial charge in [-0.05, 0) is 36.2 Å². The second-order valence-electron chi connectivity index (χ2n) is 5.40. The maximum atomic E-state index is 13.9. The number of halogens is 1. The second-order valence-corrected chi connectivity index (χ2v) is 7.52. The van der Waals surface area contributed by atoms with Crippen molar-refractivity contribution >= 4 is 21.6 Å². The Labute approximate surface area is 141 Å². The minimum absolute atomic E-state index is 0.0720. The van der Waals surface area contributed by atoms with Crippen LogP contribution < -0.4 is 5.32 Å². The summed E-state index contributed by atoms with van der Waals surface area (Å²) < 4.78 is 39.1. The lowest BCUT2D eigenvalue weighted by Gasteiger charge is -2.14. The molecule has 0 aliphatic carbocycles. The molecule has 2 aromatic rings. The van der Waals surface area contributed by atoms with Crippen LogP contribution >= 0.6 is 0 Å². The molecule has 5 nitrogen and oxygen atoms in total. The molecule has 1 amide bonds. The molecule has 2 rings (SSSR count). The van der Waals surface area contributed by atoms with Crippen LogP contribution in [0.25, 0.3) is 0 Å². The normalized spacial score (nSPS) is 11.5. The van der Waals surface area contributed by atoms with Crippen molar-refractivity contribution in [3.63, 3.8) is 0 Å². The second kappa shape index (κ2) is 7.11. The number of amides is 1. The molecule has 24 heavy (non-hydrogen) atoms. The molecule has 2 aromatic carbocycles. The summed E-state index contributed by atoms with van der Waals surface area (Å²) in [6.45, 7) is 1.96. The number of rotatable bonds is 5. The number of para-hydroxylation sites is 1. The van der Waals surface area contributed by atoms with Gasteiger partial charge in [0.15, 0.2) is 0 Å². The first kappa shape index (κ1) is 18.1. The first-order valence-electron chi connectivity index (χ1n) is 7.38. The van der Waals surface area contributed by atoms with Crippen LogP contribution in [-0.4, -0.2) is 32.7 Å². The van der Waals surface area contributed by atoms with Gasteiger partial charge in [-0.2, -0.15) is 0 Å². The lowest BCUT2D eigenvalue weighted by Crippen LogP contribution is -2.24. The standard InChI is InChI=1S/C17H19FN2O3S/c1-4-12-7-5-6-8-15(12)19-17(21)13-9-10-14(18)16(11-13)24(22,23)20(2)3/h5-11H,4H2,1-3H3,(H,19,21). The van der Waals surface area contributed by atoms with Crippen LogP contribution in [0.4, 0.5) is 10.1 Å². The van der Waals surface area contributed by atoms with E-state index in [4.69, 9.17) is 0 Å². The minimum Gasteiger partial charge on any atom is -0.322 e. The summed E-state index contributed by atoms with van der Waals surface area (Å²) >= 11 is 0. The van der Waals surface area contributed by atoms with Crippen LogP contribution in [0.3, 0.4) is 0 Å². The Morgan fingerprint density at radius 2 is 1.83 bits per heavy atom. The minimum atomic E-state index is -3.97. The van der Waals surface area contributed by atoms with Gasteiger partial charge >= 0.3 is 0 Å². The summed E-state index contributed by atoms with van der Waals surface area (Å²) in [5.41, 5.74) is 1.67. The van der Waals surface area contributed by atoms with E-state index in [9.17, 15) is 17.6 Å². The molecular formula is C17H19FN2O3S. The molecule has 0 fully saturated rings. The van der Waals surface area contributed by atoms with Crippen LogP contribution in [0.5, 0.6) is 0 Å². The monoisotopic (exact) mass is 350 g/mol. The molecule has 0 heterocycles. The highest BCUT2D eigenvalue weighted by molar-refractivity contribution is 7.89. The van der Waals surface area contributed by atoms with E-state index >= 15 is 0 Å². The summed E-state index contributed by atoms with van der Waals surface area (Å²) in [6.07, 6.45) is 0.736. The molecule has 0 saturated heterocycles. The van der Waals surface area contributed by atoms with E-state index in [0.717, 1.165) is 28.4 Å². The Kier molecular flexibility index (Phi) is 5.36. The summed E-state index contributed by atoms with van der Waals surface area (Å²) in [6, 6.07) is 10.6. The molecule has 0 aromatic heterocycles. The molecule has 0 aliphatic heterocycles. The van der Waals surface area contributed by atoms with Crippen molar-refractivity contribution in [1.82, 2.24) is 4.31 Å². The Balaban J connectivity index is 2.38. The topological polar surface area (TPSA) is 66.5 Å². The molecule has 0 spiro atoms. The molecule has 1 N–H and O–H groups in total. The van der Waals surface area contributed by atoms with E-state index in [1.165, 1.54) is 20.2 Å². The first-order valence-corrected chi connectivity index (χ1v) is 8.82. The lowest BCUT2D eigenvalue weighted by molar-refractivity contribution is 0.102. The zero-order chi connectivity index (χ0) is 17.9. The fourth-order valence-corrected chi connectivity index (χ4v) is 3.17. The number of carbonyl (C=O) groups is 1. The van der Waals surface area contributed by atoms with Gasteiger partial charge in [0.25, 0.3) is 5.91 Å². The number of nitrogens with one attached hydrogen (secondary N) is 1. The highest BCUT2D eigenvalue weighted by atomic mass is 32.2. The SMILES string of the molecule is CCc1ccccc1NC(=O)c1ccc(F)c(S(=O)(=O)N(C)C)c1. The molecule has 128 valence electrons. The van der Waals surface area contributed by atoms with Crippen molar-refractivity contribution in [1.29, 1.82) is 0 Å². The first-order chi connectivity index (χ1) is 11.3. The van der Waals surface area contributed by atoms with Crippen LogP contribution in [0, 0.1) is 5.82 Å². The number of benzene rings is 2. The maximum Gasteiger partial charge on any atom is 0.255 e. The molecule has 0 unspecified atom stereocenters. The number of nitrogens with zero attached hydrogens (tertiary/aromatic N) is 1. The van der Waals surface area contributed by atoms with Gasteiger partial charge in [0, 0.05) is 25.3 Å². The third kappa shape index (κ3) is 3.63. The largest absolute Gasteiger partial charge is 0.322 e. The molecule has 0 saturated carbocycles. The molecular weight excluding hydrogens is 331 g/mol. The fourth-order valence-electron chi connectivity index (χ4n) is 2.18. The van der Waals surface area contributed by atoms with Crippen molar-refractivity contribution in [2.24, 2.45) is 0 Å². The predicted octanol–water partition coefficient (Wildman–Crippen LogP) is 2.89. The van der Waals surface area contributed by atoms with Crippen LogP contribution in [0.15, 0.2) is 47.4 Å². The van der Waals surface area contributed by atoms with Gasteiger partial charge in [0.05, 0.1) is 0 Å². The molecule has 0 radical (unpaired) electrons. The Morgan fingerprint density at radius 3 is 2.46 bits per heavy atom. The van der Waals surface area contributed by atoms with Crippen molar-refractivity contribution in [2.75, 3.05) is 19.4 Å². The predicted molar refractivity (Wildman–Crippen MR) is 91.0 cm³/mol. The fraction of sp³-hybridized carbons (Fsp3) is 0.235. The molecule has 7 heteroatoms. The number of sulfonamides is 1. The summed E-state index contributed by atoms with van der Waals surface area (Å²) in [5.74, 6) is -1.39. The lowest BCUT2D eigenvalue weighted by atomic mass is 10.1. The van der Waals surface area contributed by atoms with Gasteiger partial charge in [-0.15, -0.1) is 0 Å². The Bertz CT molecular complexity index is 864. The van der Waals surface area contributed by atoms with Gasteiger partial charge in [-0.3, -0.25) is 4.79 Å². The van der Waals surface area contributed by atoms with Gasteiger partial charge in [-0.1, -0.05) is 25.1 Å². The van der Waals surface area contributed by atoms with Crippen LogP contribution in [-0.2, 0) is 16.4 Å². The van der Waals surface area contributed by atoms with Crippen molar-refractivity contribution in [3.8, 4) is 0 Å². The van der Waals surface area contributed by atoms with Crippen LogP contribution in [0.2, 0.25) is 0 Å². The van der Waals surface area contributed by atoms with E-state index in [0.29, 0.717) is 5.69 Å². The zero-order valence-corrected chi connectivity index (χ0v) is 14.5. The van der Waals surface area contributed by atoms with Gasteiger partial charge in [0.2, 0.25) is 10.0 Å². The van der Waals surface area contributed by atoms with E-state index in [-0.39, 0.29) is 5.56 Å². The van der Waals surface area contributed by atoms with Crippen LogP contribution in [0.1, 0.15) is 22.8 Å². The maximum absolute atomic E-state index is 13.9. The number of anilines is 1. The Hall–Kier alpha value is -2.25.